The van der Waals surface area contributed by atoms with Crippen LogP contribution in [0.5, 0.6) is 0 Å². The van der Waals surface area contributed by atoms with Crippen molar-refractivity contribution in [2.24, 2.45) is 0 Å². The third-order valence-corrected chi connectivity index (χ3v) is 5.68. The number of nitrogens with one attached hydrogen (secondary N) is 2. The smallest absolute Gasteiger partial charge is 0.270 e. The van der Waals surface area contributed by atoms with Crippen LogP contribution in [0, 0.1) is 13.8 Å². The van der Waals surface area contributed by atoms with Gasteiger partial charge in [0.25, 0.3) is 11.8 Å². The van der Waals surface area contributed by atoms with E-state index in [0.717, 1.165) is 43.2 Å². The van der Waals surface area contributed by atoms with E-state index in [9.17, 15) is 9.59 Å². The average Bonchev–Trinajstić information content (AvgIpc) is 3.13. The van der Waals surface area contributed by atoms with Crippen LogP contribution in [-0.4, -0.2) is 50.2 Å². The first-order chi connectivity index (χ1) is 14.3. The van der Waals surface area contributed by atoms with Crippen LogP contribution in [0.2, 0.25) is 0 Å². The Labute approximate surface area is 180 Å². The number of benzene rings is 1. The Morgan fingerprint density at radius 3 is 2.43 bits per heavy atom. The number of aryl methyl sites for hydroxylation is 2. The fourth-order valence-corrected chi connectivity index (χ4v) is 4.09. The zero-order valence-corrected chi connectivity index (χ0v) is 18.1. The van der Waals surface area contributed by atoms with Gasteiger partial charge in [-0.1, -0.05) is 6.07 Å². The van der Waals surface area contributed by atoms with Crippen LogP contribution < -0.4 is 20.0 Å². The fraction of sp³-hybridized carbons (Fsp3) is 0.318. The number of thiocarbonyl (C=S) groups is 1. The van der Waals surface area contributed by atoms with Gasteiger partial charge in [0.2, 0.25) is 0 Å². The van der Waals surface area contributed by atoms with E-state index in [2.05, 4.69) is 17.3 Å². The summed E-state index contributed by atoms with van der Waals surface area (Å²) in [6, 6.07) is 9.41. The predicted molar refractivity (Wildman–Crippen MR) is 120 cm³/mol. The van der Waals surface area contributed by atoms with Crippen molar-refractivity contribution < 1.29 is 18.9 Å². The molecule has 2 N–H and O–H groups in total. The number of rotatable bonds is 3. The summed E-state index contributed by atoms with van der Waals surface area (Å²) < 4.78 is 5.92. The molecule has 0 bridgehead atoms. The number of carbonyl (C=O) groups excluding carboxylic acids is 2. The SMILES string of the molecule is Cc1cc(C)cc(N2C(=O)/C(=C\c3ccc(N4CC[NH+](C)CC4)o3)C(=O)NC2=S)c1. The minimum absolute atomic E-state index is 0.00789. The van der Waals surface area contributed by atoms with Crippen molar-refractivity contribution in [2.45, 2.75) is 13.8 Å². The third kappa shape index (κ3) is 4.01. The van der Waals surface area contributed by atoms with Crippen LogP contribution in [0.1, 0.15) is 16.9 Å². The molecule has 2 aromatic rings. The van der Waals surface area contributed by atoms with Gasteiger partial charge < -0.3 is 14.2 Å². The molecule has 2 fully saturated rings. The Morgan fingerprint density at radius 2 is 1.77 bits per heavy atom. The first kappa shape index (κ1) is 20.3. The van der Waals surface area contributed by atoms with Gasteiger partial charge in [-0.15, -0.1) is 0 Å². The summed E-state index contributed by atoms with van der Waals surface area (Å²) in [7, 11) is 2.18. The van der Waals surface area contributed by atoms with Gasteiger partial charge in [0.1, 0.15) is 11.3 Å². The molecule has 156 valence electrons. The van der Waals surface area contributed by atoms with Gasteiger partial charge >= 0.3 is 0 Å². The van der Waals surface area contributed by atoms with E-state index in [-0.39, 0.29) is 10.7 Å². The highest BCUT2D eigenvalue weighted by molar-refractivity contribution is 7.80. The minimum Gasteiger partial charge on any atom is -0.441 e. The van der Waals surface area contributed by atoms with Gasteiger partial charge in [-0.2, -0.15) is 0 Å². The van der Waals surface area contributed by atoms with Crippen molar-refractivity contribution in [3.63, 3.8) is 0 Å². The van der Waals surface area contributed by atoms with E-state index < -0.39 is 11.8 Å². The predicted octanol–water partition coefficient (Wildman–Crippen LogP) is 1.06. The Bertz CT molecular complexity index is 1030. The van der Waals surface area contributed by atoms with Gasteiger partial charge in [-0.05, 0) is 61.5 Å². The van der Waals surface area contributed by atoms with Crippen LogP contribution in [0.3, 0.4) is 0 Å². The summed E-state index contributed by atoms with van der Waals surface area (Å²) in [6.07, 6.45) is 1.49. The highest BCUT2D eigenvalue weighted by Crippen LogP contribution is 2.26. The molecule has 0 atom stereocenters. The second-order valence-corrected chi connectivity index (χ2v) is 8.31. The highest BCUT2D eigenvalue weighted by Gasteiger charge is 2.35. The maximum atomic E-state index is 13.2. The molecule has 1 aromatic heterocycles. The Hall–Kier alpha value is -2.97. The van der Waals surface area contributed by atoms with Crippen molar-refractivity contribution in [1.29, 1.82) is 0 Å². The molecule has 0 radical (unpaired) electrons. The second-order valence-electron chi connectivity index (χ2n) is 7.92. The van der Waals surface area contributed by atoms with Crippen LogP contribution in [0.15, 0.2) is 40.3 Å². The molecule has 7 nitrogen and oxygen atoms in total. The number of carbonyl (C=O) groups is 2. The van der Waals surface area contributed by atoms with Crippen molar-refractivity contribution in [1.82, 2.24) is 5.32 Å². The fourth-order valence-electron chi connectivity index (χ4n) is 3.81. The van der Waals surface area contributed by atoms with Crippen molar-refractivity contribution in [2.75, 3.05) is 43.0 Å². The standard InChI is InChI=1S/C22H24N4O3S/c1-14-10-15(2)12-16(11-14)26-21(28)18(20(27)23-22(26)30)13-17-4-5-19(29-17)25-8-6-24(3)7-9-25/h4-5,10-13H,6-9H2,1-3H3,(H,23,27,30)/p+1/b18-13-. The zero-order valence-electron chi connectivity index (χ0n) is 17.3. The number of quaternary nitrogens is 1. The summed E-state index contributed by atoms with van der Waals surface area (Å²) >= 11 is 5.28. The monoisotopic (exact) mass is 425 g/mol. The lowest BCUT2D eigenvalue weighted by Crippen LogP contribution is -3.12. The van der Waals surface area contributed by atoms with E-state index in [0.29, 0.717) is 11.4 Å². The number of nitrogens with zero attached hydrogens (tertiary/aromatic N) is 2. The quantitative estimate of drug-likeness (QED) is 0.437. The molecule has 3 heterocycles. The number of hydrogen-bond donors (Lipinski definition) is 2. The molecule has 2 aliphatic heterocycles. The Balaban J connectivity index is 1.61. The molecule has 8 heteroatoms. The van der Waals surface area contributed by atoms with E-state index >= 15 is 0 Å². The van der Waals surface area contributed by atoms with Crippen molar-refractivity contribution in [3.8, 4) is 0 Å². The number of furan rings is 1. The molecule has 0 unspecified atom stereocenters. The summed E-state index contributed by atoms with van der Waals surface area (Å²) in [5, 5.41) is 2.69. The molecular formula is C22H25N4O3S+. The van der Waals surface area contributed by atoms with Crippen molar-refractivity contribution in [3.05, 3.63) is 52.8 Å². The summed E-state index contributed by atoms with van der Waals surface area (Å²) in [5.74, 6) is 0.226. The maximum absolute atomic E-state index is 13.2. The summed E-state index contributed by atoms with van der Waals surface area (Å²) in [6.45, 7) is 7.80. The lowest BCUT2D eigenvalue weighted by Gasteiger charge is -2.29. The number of anilines is 2. The minimum atomic E-state index is -0.522. The molecule has 30 heavy (non-hydrogen) atoms. The van der Waals surface area contributed by atoms with E-state index in [1.165, 1.54) is 15.9 Å². The summed E-state index contributed by atoms with van der Waals surface area (Å²) in [5.41, 5.74) is 2.64. The lowest BCUT2D eigenvalue weighted by molar-refractivity contribution is -0.880. The number of piperazine rings is 1. The molecule has 4 rings (SSSR count). The molecule has 1 aromatic carbocycles. The third-order valence-electron chi connectivity index (χ3n) is 5.39. The van der Waals surface area contributed by atoms with Gasteiger partial charge in [0.05, 0.1) is 38.9 Å². The van der Waals surface area contributed by atoms with Crippen LogP contribution >= 0.6 is 12.2 Å². The molecule has 2 saturated heterocycles. The first-order valence-electron chi connectivity index (χ1n) is 9.97. The highest BCUT2D eigenvalue weighted by atomic mass is 32.1. The van der Waals surface area contributed by atoms with Gasteiger partial charge in [0, 0.05) is 6.07 Å². The van der Waals surface area contributed by atoms with E-state index in [1.54, 1.807) is 6.07 Å². The molecule has 0 aliphatic carbocycles. The van der Waals surface area contributed by atoms with Crippen LogP contribution in [0.25, 0.3) is 6.08 Å². The van der Waals surface area contributed by atoms with Crippen molar-refractivity contribution >= 4 is 46.8 Å². The van der Waals surface area contributed by atoms with Gasteiger partial charge in [-0.25, -0.2) is 0 Å². The lowest BCUT2D eigenvalue weighted by atomic mass is 10.1. The molecule has 0 saturated carbocycles. The zero-order chi connectivity index (χ0) is 21.4. The Morgan fingerprint density at radius 1 is 1.10 bits per heavy atom. The number of hydrogen-bond acceptors (Lipinski definition) is 5. The van der Waals surface area contributed by atoms with Gasteiger partial charge in [-0.3, -0.25) is 19.8 Å². The normalized spacial score (nSPS) is 19.6. The Kier molecular flexibility index (Phi) is 5.44. The van der Waals surface area contributed by atoms with E-state index in [4.69, 9.17) is 16.6 Å². The average molecular weight is 426 g/mol. The van der Waals surface area contributed by atoms with Crippen LogP contribution in [-0.2, 0) is 9.59 Å². The summed E-state index contributed by atoms with van der Waals surface area (Å²) in [4.78, 5) is 30.7. The van der Waals surface area contributed by atoms with Gasteiger partial charge in [0.15, 0.2) is 11.0 Å². The van der Waals surface area contributed by atoms with E-state index in [1.807, 2.05) is 38.1 Å². The second kappa shape index (κ2) is 8.04. The first-order valence-corrected chi connectivity index (χ1v) is 10.4. The molecular weight excluding hydrogens is 400 g/mol. The maximum Gasteiger partial charge on any atom is 0.270 e. The topological polar surface area (TPSA) is 70.2 Å². The molecule has 2 aliphatic rings. The molecule has 0 spiro atoms. The van der Waals surface area contributed by atoms with Crippen LogP contribution in [0.4, 0.5) is 11.6 Å². The number of likely N-dealkylation sites (N-methyl/N-ethyl adjacent to an activating group) is 1. The number of amides is 2. The molecule has 2 amide bonds. The largest absolute Gasteiger partial charge is 0.441 e.